The summed E-state index contributed by atoms with van der Waals surface area (Å²) in [5.41, 5.74) is 3.87. The van der Waals surface area contributed by atoms with Crippen LogP contribution in [0.5, 0.6) is 0 Å². The highest BCUT2D eigenvalue weighted by molar-refractivity contribution is 8.05. The predicted molar refractivity (Wildman–Crippen MR) is 138 cm³/mol. The van der Waals surface area contributed by atoms with Gasteiger partial charge in [0.1, 0.15) is 16.7 Å². The first-order valence-electron chi connectivity index (χ1n) is 10.7. The molecule has 3 aromatic rings. The lowest BCUT2D eigenvalue weighted by Crippen LogP contribution is -2.31. The Labute approximate surface area is 208 Å². The lowest BCUT2D eigenvalue weighted by atomic mass is 10.1. The van der Waals surface area contributed by atoms with Crippen molar-refractivity contribution in [2.75, 3.05) is 10.2 Å². The molecule has 0 bridgehead atoms. The highest BCUT2D eigenvalue weighted by Crippen LogP contribution is 2.43. The molecule has 1 aliphatic rings. The maximum atomic E-state index is 13.6. The van der Waals surface area contributed by atoms with Gasteiger partial charge in [-0.1, -0.05) is 71.9 Å². The van der Waals surface area contributed by atoms with Gasteiger partial charge in [-0.2, -0.15) is 5.26 Å². The van der Waals surface area contributed by atoms with Crippen molar-refractivity contribution in [1.82, 2.24) is 0 Å². The van der Waals surface area contributed by atoms with Gasteiger partial charge in [0.2, 0.25) is 5.91 Å². The largest absolute Gasteiger partial charge is 0.321 e. The highest BCUT2D eigenvalue weighted by atomic mass is 35.5. The topological polar surface area (TPSA) is 73.2 Å². The molecule has 7 heteroatoms. The molecule has 0 unspecified atom stereocenters. The van der Waals surface area contributed by atoms with Crippen LogP contribution in [0.4, 0.5) is 11.4 Å². The van der Waals surface area contributed by atoms with Gasteiger partial charge in [-0.15, -0.1) is 0 Å². The molecule has 0 radical (unpaired) electrons. The molecule has 1 saturated heterocycles. The summed E-state index contributed by atoms with van der Waals surface area (Å²) >= 11 is 7.53. The molecule has 4 rings (SSSR count). The number of anilines is 2. The van der Waals surface area contributed by atoms with Crippen LogP contribution in [0, 0.1) is 25.2 Å². The molecule has 0 aromatic heterocycles. The van der Waals surface area contributed by atoms with Gasteiger partial charge in [0, 0.05) is 10.7 Å². The van der Waals surface area contributed by atoms with E-state index in [1.165, 1.54) is 16.7 Å². The minimum atomic E-state index is -0.554. The Morgan fingerprint density at radius 1 is 1.06 bits per heavy atom. The lowest BCUT2D eigenvalue weighted by Gasteiger charge is -2.20. The first kappa shape index (κ1) is 23.6. The van der Waals surface area contributed by atoms with Crippen LogP contribution in [-0.2, 0) is 16.0 Å². The van der Waals surface area contributed by atoms with E-state index in [2.05, 4.69) is 5.32 Å². The number of carbonyl (C=O) groups excluding carboxylic acids is 2. The molecular weight excluding hydrogens is 466 g/mol. The number of thioether (sulfide) groups is 1. The van der Waals surface area contributed by atoms with E-state index in [9.17, 15) is 14.9 Å². The summed E-state index contributed by atoms with van der Waals surface area (Å²) in [5, 5.41) is 13.2. The van der Waals surface area contributed by atoms with Gasteiger partial charge in [-0.3, -0.25) is 14.5 Å². The molecule has 1 fully saturated rings. The maximum Gasteiger partial charge on any atom is 0.269 e. The van der Waals surface area contributed by atoms with E-state index in [1.807, 2.05) is 68.4 Å². The van der Waals surface area contributed by atoms with Crippen molar-refractivity contribution in [2.45, 2.75) is 25.5 Å². The van der Waals surface area contributed by atoms with Crippen molar-refractivity contribution in [3.8, 4) is 6.07 Å². The van der Waals surface area contributed by atoms with E-state index in [0.717, 1.165) is 16.7 Å². The SMILES string of the molecule is Cc1ccc(C[C@H]2S/C(=C(/C#N)C(=O)Nc3ccccc3)N(c3ccccc3C)C2=O)cc1Cl. The fourth-order valence-corrected chi connectivity index (χ4v) is 5.22. The highest BCUT2D eigenvalue weighted by Gasteiger charge is 2.41. The number of aryl methyl sites for hydroxylation is 2. The number of rotatable bonds is 5. The van der Waals surface area contributed by atoms with Crippen LogP contribution in [0.3, 0.4) is 0 Å². The summed E-state index contributed by atoms with van der Waals surface area (Å²) in [6.45, 7) is 3.82. The van der Waals surface area contributed by atoms with E-state index in [-0.39, 0.29) is 11.5 Å². The summed E-state index contributed by atoms with van der Waals surface area (Å²) < 4.78 is 0. The third kappa shape index (κ3) is 4.86. The van der Waals surface area contributed by atoms with Crippen molar-refractivity contribution in [3.05, 3.63) is 105 Å². The molecule has 34 heavy (non-hydrogen) atoms. The molecule has 1 atom stereocenters. The van der Waals surface area contributed by atoms with Gasteiger partial charge >= 0.3 is 0 Å². The van der Waals surface area contributed by atoms with Gasteiger partial charge < -0.3 is 5.32 Å². The summed E-state index contributed by atoms with van der Waals surface area (Å²) in [4.78, 5) is 28.2. The smallest absolute Gasteiger partial charge is 0.269 e. The molecule has 0 saturated carbocycles. The quantitative estimate of drug-likeness (QED) is 0.352. The number of nitrogens with zero attached hydrogens (tertiary/aromatic N) is 2. The molecule has 3 aromatic carbocycles. The Morgan fingerprint density at radius 3 is 2.44 bits per heavy atom. The normalized spacial score (nSPS) is 16.8. The van der Waals surface area contributed by atoms with Crippen molar-refractivity contribution in [3.63, 3.8) is 0 Å². The summed E-state index contributed by atoms with van der Waals surface area (Å²) in [6, 6.07) is 24.1. The monoisotopic (exact) mass is 487 g/mol. The Kier molecular flexibility index (Phi) is 7.06. The lowest BCUT2D eigenvalue weighted by molar-refractivity contribution is -0.117. The molecule has 1 heterocycles. The third-order valence-electron chi connectivity index (χ3n) is 5.55. The average Bonchev–Trinajstić information content (AvgIpc) is 3.13. The summed E-state index contributed by atoms with van der Waals surface area (Å²) in [7, 11) is 0. The standard InChI is InChI=1S/C27H22ClN3O2S/c1-17-12-13-19(14-22(17)28)15-24-26(33)31(23-11-7-6-8-18(23)2)27(34-24)21(16-29)25(32)30-20-9-4-3-5-10-20/h3-14,24H,15H2,1-2H3,(H,30,32)/b27-21-/t24-/m1/s1. The van der Waals surface area contributed by atoms with E-state index < -0.39 is 11.2 Å². The number of para-hydroxylation sites is 2. The Morgan fingerprint density at radius 2 is 1.76 bits per heavy atom. The number of nitrogens with one attached hydrogen (secondary N) is 1. The zero-order valence-electron chi connectivity index (χ0n) is 18.7. The first-order valence-corrected chi connectivity index (χ1v) is 12.0. The second kappa shape index (κ2) is 10.2. The van der Waals surface area contributed by atoms with Crippen molar-refractivity contribution in [1.29, 1.82) is 5.26 Å². The number of amides is 2. The zero-order chi connectivity index (χ0) is 24.2. The van der Waals surface area contributed by atoms with Gasteiger partial charge in [-0.25, -0.2) is 0 Å². The van der Waals surface area contributed by atoms with Crippen LogP contribution in [0.2, 0.25) is 5.02 Å². The third-order valence-corrected chi connectivity index (χ3v) is 7.22. The molecular formula is C27H22ClN3O2S. The average molecular weight is 488 g/mol. The van der Waals surface area contributed by atoms with Gasteiger partial charge in [-0.05, 0) is 61.2 Å². The minimum absolute atomic E-state index is 0.102. The van der Waals surface area contributed by atoms with Gasteiger partial charge in [0.05, 0.1) is 10.9 Å². The number of halogens is 1. The second-order valence-electron chi connectivity index (χ2n) is 7.97. The number of nitriles is 1. The zero-order valence-corrected chi connectivity index (χ0v) is 20.3. The van der Waals surface area contributed by atoms with Gasteiger partial charge in [0.25, 0.3) is 5.91 Å². The molecule has 2 amide bonds. The van der Waals surface area contributed by atoms with E-state index in [4.69, 9.17) is 11.6 Å². The van der Waals surface area contributed by atoms with Crippen LogP contribution in [0.1, 0.15) is 16.7 Å². The minimum Gasteiger partial charge on any atom is -0.321 e. The number of carbonyl (C=O) groups is 2. The van der Waals surface area contributed by atoms with E-state index in [0.29, 0.717) is 27.8 Å². The maximum absolute atomic E-state index is 13.6. The van der Waals surface area contributed by atoms with Crippen LogP contribution in [-0.4, -0.2) is 17.1 Å². The molecule has 170 valence electrons. The number of benzene rings is 3. The Bertz CT molecular complexity index is 1330. The second-order valence-corrected chi connectivity index (χ2v) is 9.57. The van der Waals surface area contributed by atoms with Crippen LogP contribution in [0.25, 0.3) is 0 Å². The Balaban J connectivity index is 1.75. The molecule has 1 N–H and O–H groups in total. The summed E-state index contributed by atoms with van der Waals surface area (Å²) in [5.74, 6) is -0.729. The molecule has 0 aliphatic carbocycles. The predicted octanol–water partition coefficient (Wildman–Crippen LogP) is 6.02. The summed E-state index contributed by atoms with van der Waals surface area (Å²) in [6.07, 6.45) is 0.425. The molecule has 0 spiro atoms. The van der Waals surface area contributed by atoms with E-state index >= 15 is 0 Å². The van der Waals surface area contributed by atoms with Crippen LogP contribution < -0.4 is 10.2 Å². The fourth-order valence-electron chi connectivity index (χ4n) is 3.71. The number of hydrogen-bond donors (Lipinski definition) is 1. The molecule has 5 nitrogen and oxygen atoms in total. The van der Waals surface area contributed by atoms with Crippen molar-refractivity contribution >= 4 is 46.6 Å². The number of hydrogen-bond acceptors (Lipinski definition) is 4. The fraction of sp³-hybridized carbons (Fsp3) is 0.148. The Hall–Kier alpha value is -3.53. The van der Waals surface area contributed by atoms with Gasteiger partial charge in [0.15, 0.2) is 0 Å². The van der Waals surface area contributed by atoms with Crippen LogP contribution >= 0.6 is 23.4 Å². The van der Waals surface area contributed by atoms with Crippen molar-refractivity contribution < 1.29 is 9.59 Å². The van der Waals surface area contributed by atoms with Crippen molar-refractivity contribution in [2.24, 2.45) is 0 Å². The van der Waals surface area contributed by atoms with Crippen LogP contribution in [0.15, 0.2) is 83.4 Å². The first-order chi connectivity index (χ1) is 16.4. The van der Waals surface area contributed by atoms with E-state index in [1.54, 1.807) is 24.3 Å². The molecule has 1 aliphatic heterocycles.